The van der Waals surface area contributed by atoms with Gasteiger partial charge in [0.1, 0.15) is 12.6 Å². The lowest BCUT2D eigenvalue weighted by Gasteiger charge is -2.21. The van der Waals surface area contributed by atoms with E-state index in [2.05, 4.69) is 4.72 Å². The lowest BCUT2D eigenvalue weighted by atomic mass is 9.98. The van der Waals surface area contributed by atoms with Crippen LogP contribution in [0.4, 0.5) is 0 Å². The number of benzene rings is 1. The first-order valence-corrected chi connectivity index (χ1v) is 9.80. The number of hydrogen-bond donors (Lipinski definition) is 3. The summed E-state index contributed by atoms with van der Waals surface area (Å²) < 4.78 is 32.1. The zero-order valence-corrected chi connectivity index (χ0v) is 15.0. The third-order valence-corrected chi connectivity index (χ3v) is 5.36. The van der Waals surface area contributed by atoms with Gasteiger partial charge in [-0.1, -0.05) is 18.6 Å². The number of carbonyl (C=O) groups excluding carboxylic acids is 2. The molecule has 0 atom stereocenters. The smallest absolute Gasteiger partial charge is 0.321 e. The Balaban J connectivity index is 1.95. The normalized spacial score (nSPS) is 15.7. The highest BCUT2D eigenvalue weighted by Gasteiger charge is 2.20. The van der Waals surface area contributed by atoms with E-state index in [-0.39, 0.29) is 11.0 Å². The zero-order valence-electron chi connectivity index (χ0n) is 14.2. The van der Waals surface area contributed by atoms with Crippen LogP contribution in [0.25, 0.3) is 6.08 Å². The van der Waals surface area contributed by atoms with Crippen LogP contribution < -0.4 is 10.2 Å². The van der Waals surface area contributed by atoms with Gasteiger partial charge in [0.2, 0.25) is 10.0 Å². The van der Waals surface area contributed by atoms with E-state index in [4.69, 9.17) is 9.94 Å². The van der Waals surface area contributed by atoms with Crippen molar-refractivity contribution in [1.82, 2.24) is 10.2 Å². The molecule has 0 aliphatic heterocycles. The maximum atomic E-state index is 12.3. The van der Waals surface area contributed by atoms with Gasteiger partial charge in [0.25, 0.3) is 5.91 Å². The molecule has 0 aromatic heterocycles. The minimum atomic E-state index is -3.90. The van der Waals surface area contributed by atoms with Crippen molar-refractivity contribution in [3.63, 3.8) is 0 Å². The van der Waals surface area contributed by atoms with Crippen molar-refractivity contribution in [3.05, 3.63) is 35.9 Å². The highest BCUT2D eigenvalue weighted by Crippen LogP contribution is 2.20. The van der Waals surface area contributed by atoms with Crippen LogP contribution in [-0.4, -0.2) is 38.2 Å². The fraction of sp³-hybridized carbons (Fsp3) is 0.412. The van der Waals surface area contributed by atoms with Crippen LogP contribution in [0.5, 0.6) is 0 Å². The summed E-state index contributed by atoms with van der Waals surface area (Å²) in [5.74, 6) is -1.34. The number of esters is 1. The second-order valence-corrected chi connectivity index (χ2v) is 7.72. The molecule has 9 heteroatoms. The molecule has 0 bridgehead atoms. The minimum absolute atomic E-state index is 0.0467. The van der Waals surface area contributed by atoms with E-state index in [0.717, 1.165) is 38.2 Å². The third kappa shape index (κ3) is 6.25. The molecule has 1 aromatic rings. The number of hydrogen-bond acceptors (Lipinski definition) is 6. The first kappa shape index (κ1) is 20.1. The van der Waals surface area contributed by atoms with Crippen LogP contribution in [-0.2, 0) is 24.3 Å². The van der Waals surface area contributed by atoms with Crippen LogP contribution in [0.15, 0.2) is 35.2 Å². The van der Waals surface area contributed by atoms with Gasteiger partial charge in [-0.3, -0.25) is 14.8 Å². The Morgan fingerprint density at radius 3 is 2.65 bits per heavy atom. The minimum Gasteiger partial charge on any atom is -0.461 e. The molecule has 0 unspecified atom stereocenters. The number of nitrogens with one attached hydrogen (secondary N) is 2. The van der Waals surface area contributed by atoms with Crippen LogP contribution in [0.2, 0.25) is 0 Å². The first-order valence-electron chi connectivity index (χ1n) is 8.32. The summed E-state index contributed by atoms with van der Waals surface area (Å²) in [6.07, 6.45) is 7.06. The molecule has 2 rings (SSSR count). The molecule has 0 heterocycles. The van der Waals surface area contributed by atoms with Gasteiger partial charge >= 0.3 is 5.97 Å². The molecule has 3 N–H and O–H groups in total. The predicted molar refractivity (Wildman–Crippen MR) is 93.6 cm³/mol. The van der Waals surface area contributed by atoms with Crippen LogP contribution >= 0.6 is 0 Å². The van der Waals surface area contributed by atoms with E-state index in [9.17, 15) is 18.0 Å². The van der Waals surface area contributed by atoms with Crippen molar-refractivity contribution < 1.29 is 28.0 Å². The fourth-order valence-electron chi connectivity index (χ4n) is 2.64. The van der Waals surface area contributed by atoms with Crippen molar-refractivity contribution in [1.29, 1.82) is 0 Å². The number of carbonyl (C=O) groups is 2. The van der Waals surface area contributed by atoms with Crippen molar-refractivity contribution in [2.75, 3.05) is 6.54 Å². The molecule has 8 nitrogen and oxygen atoms in total. The second-order valence-electron chi connectivity index (χ2n) is 5.96. The summed E-state index contributed by atoms with van der Waals surface area (Å²) in [4.78, 5) is 22.8. The zero-order chi connectivity index (χ0) is 19.0. The molecule has 1 amide bonds. The Morgan fingerprint density at radius 1 is 1.23 bits per heavy atom. The summed E-state index contributed by atoms with van der Waals surface area (Å²) in [7, 11) is -3.90. The molecule has 0 saturated heterocycles. The van der Waals surface area contributed by atoms with Crippen LogP contribution in [0, 0.1) is 0 Å². The molecule has 142 valence electrons. The van der Waals surface area contributed by atoms with E-state index in [1.54, 1.807) is 6.07 Å². The number of ether oxygens (including phenoxy) is 1. The monoisotopic (exact) mass is 382 g/mol. The van der Waals surface area contributed by atoms with Gasteiger partial charge in [-0.25, -0.2) is 13.9 Å². The molecule has 26 heavy (non-hydrogen) atoms. The van der Waals surface area contributed by atoms with E-state index >= 15 is 0 Å². The topological polar surface area (TPSA) is 122 Å². The Morgan fingerprint density at radius 2 is 1.96 bits per heavy atom. The molecule has 0 spiro atoms. The average Bonchev–Trinajstić information content (AvgIpc) is 2.65. The largest absolute Gasteiger partial charge is 0.461 e. The number of hydroxylamine groups is 1. The number of amides is 1. The predicted octanol–water partition coefficient (Wildman–Crippen LogP) is 1.36. The van der Waals surface area contributed by atoms with Crippen LogP contribution in [0.3, 0.4) is 0 Å². The average molecular weight is 382 g/mol. The lowest BCUT2D eigenvalue weighted by molar-refractivity contribution is -0.149. The quantitative estimate of drug-likeness (QED) is 0.283. The Kier molecular flexibility index (Phi) is 7.31. The lowest BCUT2D eigenvalue weighted by Crippen LogP contribution is -2.33. The van der Waals surface area contributed by atoms with Gasteiger partial charge < -0.3 is 4.74 Å². The maximum Gasteiger partial charge on any atom is 0.321 e. The summed E-state index contributed by atoms with van der Waals surface area (Å²) in [5, 5.41) is 8.44. The van der Waals surface area contributed by atoms with Gasteiger partial charge in [0.05, 0.1) is 4.90 Å². The van der Waals surface area contributed by atoms with Gasteiger partial charge in [0.15, 0.2) is 0 Å². The standard InChI is InChI=1S/C17H22N2O6S/c20-16(19-22)10-9-13-5-4-8-15(11-13)26(23,24)18-12-17(21)25-14-6-2-1-3-7-14/h4-5,8-11,14,18,22H,1-3,6-7,12H2,(H,19,20). The number of rotatable bonds is 7. The van der Waals surface area contributed by atoms with E-state index in [1.807, 2.05) is 0 Å². The molecule has 1 saturated carbocycles. The molecule has 1 fully saturated rings. The van der Waals surface area contributed by atoms with Crippen LogP contribution in [0.1, 0.15) is 37.7 Å². The third-order valence-electron chi connectivity index (χ3n) is 3.96. The molecule has 0 radical (unpaired) electrons. The van der Waals surface area contributed by atoms with E-state index in [0.29, 0.717) is 5.56 Å². The fourth-order valence-corrected chi connectivity index (χ4v) is 3.67. The number of sulfonamides is 1. The molecule has 1 aliphatic carbocycles. The molecular weight excluding hydrogens is 360 g/mol. The summed E-state index contributed by atoms with van der Waals surface area (Å²) in [5.41, 5.74) is 1.88. The summed E-state index contributed by atoms with van der Waals surface area (Å²) >= 11 is 0. The van der Waals surface area contributed by atoms with Gasteiger partial charge in [-0.05, 0) is 49.5 Å². The Hall–Kier alpha value is -2.23. The van der Waals surface area contributed by atoms with Gasteiger partial charge in [0, 0.05) is 6.08 Å². The van der Waals surface area contributed by atoms with Crippen molar-refractivity contribution >= 4 is 28.0 Å². The molecule has 1 aliphatic rings. The van der Waals surface area contributed by atoms with Crippen molar-refractivity contribution in [2.24, 2.45) is 0 Å². The summed E-state index contributed by atoms with van der Waals surface area (Å²) in [6, 6.07) is 5.82. The maximum absolute atomic E-state index is 12.3. The second kappa shape index (κ2) is 9.46. The first-order chi connectivity index (χ1) is 12.4. The molecular formula is C17H22N2O6S. The Labute approximate surface area is 152 Å². The van der Waals surface area contributed by atoms with Gasteiger partial charge in [-0.15, -0.1) is 0 Å². The summed E-state index contributed by atoms with van der Waals surface area (Å²) in [6.45, 7) is -0.439. The van der Waals surface area contributed by atoms with Crippen molar-refractivity contribution in [3.8, 4) is 0 Å². The Bertz CT molecular complexity index is 769. The van der Waals surface area contributed by atoms with E-state index in [1.165, 1.54) is 29.8 Å². The molecule has 1 aromatic carbocycles. The SMILES string of the molecule is O=C(C=Cc1cccc(S(=O)(=O)NCC(=O)OC2CCCCC2)c1)NO. The highest BCUT2D eigenvalue weighted by atomic mass is 32.2. The highest BCUT2D eigenvalue weighted by molar-refractivity contribution is 7.89. The van der Waals surface area contributed by atoms with Crippen molar-refractivity contribution in [2.45, 2.75) is 43.1 Å². The van der Waals surface area contributed by atoms with E-state index < -0.39 is 28.4 Å². The van der Waals surface area contributed by atoms with Gasteiger partial charge in [-0.2, -0.15) is 4.72 Å².